The predicted molar refractivity (Wildman–Crippen MR) is 113 cm³/mol. The summed E-state index contributed by atoms with van der Waals surface area (Å²) in [5, 5.41) is 3.03. The van der Waals surface area contributed by atoms with E-state index in [0.29, 0.717) is 34.4 Å². The fraction of sp³-hybridized carbons (Fsp3) is 0.190. The van der Waals surface area contributed by atoms with Gasteiger partial charge in [0.25, 0.3) is 5.91 Å². The van der Waals surface area contributed by atoms with Gasteiger partial charge in [-0.1, -0.05) is 12.1 Å². The molecule has 0 spiro atoms. The number of amides is 1. The van der Waals surface area contributed by atoms with Crippen molar-refractivity contribution in [2.45, 2.75) is 0 Å². The first-order valence-electron chi connectivity index (χ1n) is 9.08. The second kappa shape index (κ2) is 10.0. The Morgan fingerprint density at radius 1 is 0.806 bits per heavy atom. The Balaban J connectivity index is 1.68. The van der Waals surface area contributed by atoms with Crippen molar-refractivity contribution in [1.82, 2.24) is 15.4 Å². The van der Waals surface area contributed by atoms with Crippen LogP contribution in [0.1, 0.15) is 10.4 Å². The molecule has 0 saturated heterocycles. The molecule has 0 aliphatic carbocycles. The molecular formula is C21H22N4O6. The number of ether oxygens (including phenoxy) is 4. The van der Waals surface area contributed by atoms with Crippen LogP contribution in [0, 0.1) is 0 Å². The maximum absolute atomic E-state index is 12.3. The van der Waals surface area contributed by atoms with Crippen LogP contribution < -0.4 is 34.6 Å². The predicted octanol–water partition coefficient (Wildman–Crippen LogP) is 2.98. The molecule has 3 aromatic rings. The summed E-state index contributed by atoms with van der Waals surface area (Å²) in [6.45, 7) is 0. The number of nitrogens with zero attached hydrogens (tertiary/aromatic N) is 2. The number of nitrogens with one attached hydrogen (secondary N) is 2. The van der Waals surface area contributed by atoms with E-state index in [1.54, 1.807) is 36.4 Å². The van der Waals surface area contributed by atoms with E-state index in [-0.39, 0.29) is 11.5 Å². The fourth-order valence-electron chi connectivity index (χ4n) is 2.66. The van der Waals surface area contributed by atoms with Crippen LogP contribution in [0.15, 0.2) is 48.8 Å². The number of carbonyl (C=O) groups excluding carboxylic acids is 1. The molecule has 0 fully saturated rings. The number of anilines is 2. The Kier molecular flexibility index (Phi) is 6.94. The van der Waals surface area contributed by atoms with Crippen molar-refractivity contribution in [3.05, 3.63) is 54.4 Å². The topological polar surface area (TPSA) is 113 Å². The molecule has 0 radical (unpaired) electrons. The number of carbonyl (C=O) groups is 1. The normalized spacial score (nSPS) is 10.1. The molecule has 0 aliphatic heterocycles. The second-order valence-corrected chi connectivity index (χ2v) is 6.02. The van der Waals surface area contributed by atoms with Crippen LogP contribution in [0.4, 0.5) is 11.6 Å². The van der Waals surface area contributed by atoms with Crippen LogP contribution in [0.25, 0.3) is 0 Å². The zero-order valence-electron chi connectivity index (χ0n) is 17.5. The maximum atomic E-state index is 12.3. The van der Waals surface area contributed by atoms with Crippen molar-refractivity contribution in [1.29, 1.82) is 0 Å². The quantitative estimate of drug-likeness (QED) is 0.499. The van der Waals surface area contributed by atoms with E-state index in [2.05, 4.69) is 20.8 Å². The number of hydrogen-bond donors (Lipinski definition) is 2. The number of hydrogen-bond acceptors (Lipinski definition) is 9. The molecular weight excluding hydrogens is 404 g/mol. The van der Waals surface area contributed by atoms with Gasteiger partial charge in [0.2, 0.25) is 11.7 Å². The van der Waals surface area contributed by atoms with E-state index in [4.69, 9.17) is 23.8 Å². The van der Waals surface area contributed by atoms with Crippen LogP contribution in [-0.2, 0) is 0 Å². The highest BCUT2D eigenvalue weighted by atomic mass is 16.7. The minimum absolute atomic E-state index is 0.213. The Labute approximate surface area is 179 Å². The van der Waals surface area contributed by atoms with Gasteiger partial charge in [-0.05, 0) is 12.1 Å². The molecule has 1 heterocycles. The number of methoxy groups -OCH3 is 4. The van der Waals surface area contributed by atoms with Gasteiger partial charge in [-0.25, -0.2) is 9.97 Å². The Bertz CT molecular complexity index is 1020. The molecule has 31 heavy (non-hydrogen) atoms. The van der Waals surface area contributed by atoms with E-state index in [9.17, 15) is 4.79 Å². The van der Waals surface area contributed by atoms with Crippen molar-refractivity contribution in [2.24, 2.45) is 0 Å². The molecule has 0 saturated carbocycles. The maximum Gasteiger partial charge on any atom is 0.287 e. The number of aromatic nitrogens is 2. The highest BCUT2D eigenvalue weighted by Gasteiger charge is 2.14. The molecule has 10 nitrogen and oxygen atoms in total. The van der Waals surface area contributed by atoms with Crippen molar-refractivity contribution >= 4 is 17.5 Å². The molecule has 0 atom stereocenters. The summed E-state index contributed by atoms with van der Waals surface area (Å²) in [6, 6.07) is 10.4. The molecule has 10 heteroatoms. The highest BCUT2D eigenvalue weighted by Crippen LogP contribution is 2.40. The number of hydroxylamine groups is 1. The molecule has 2 aromatic carbocycles. The van der Waals surface area contributed by atoms with Gasteiger partial charge in [0.15, 0.2) is 23.0 Å². The van der Waals surface area contributed by atoms with Gasteiger partial charge in [0.05, 0.1) is 34.0 Å². The molecule has 2 N–H and O–H groups in total. The Morgan fingerprint density at radius 3 is 1.94 bits per heavy atom. The first kappa shape index (κ1) is 21.5. The summed E-state index contributed by atoms with van der Waals surface area (Å²) < 4.78 is 21.1. The Hall–Kier alpha value is -4.21. The summed E-state index contributed by atoms with van der Waals surface area (Å²) in [4.78, 5) is 25.9. The molecule has 3 rings (SSSR count). The number of rotatable bonds is 9. The van der Waals surface area contributed by atoms with Gasteiger partial charge >= 0.3 is 0 Å². The lowest BCUT2D eigenvalue weighted by Crippen LogP contribution is -2.27. The Morgan fingerprint density at radius 2 is 1.39 bits per heavy atom. The average molecular weight is 426 g/mol. The van der Waals surface area contributed by atoms with Crippen molar-refractivity contribution in [2.75, 3.05) is 33.8 Å². The lowest BCUT2D eigenvalue weighted by atomic mass is 10.2. The van der Waals surface area contributed by atoms with Crippen LogP contribution >= 0.6 is 0 Å². The minimum atomic E-state index is -0.509. The zero-order chi connectivity index (χ0) is 22.2. The molecule has 0 unspecified atom stereocenters. The molecule has 162 valence electrons. The average Bonchev–Trinajstić information content (AvgIpc) is 2.82. The first-order chi connectivity index (χ1) is 15.1. The van der Waals surface area contributed by atoms with E-state index in [1.807, 2.05) is 0 Å². The van der Waals surface area contributed by atoms with Gasteiger partial charge in [0.1, 0.15) is 0 Å². The highest BCUT2D eigenvalue weighted by molar-refractivity contribution is 5.93. The van der Waals surface area contributed by atoms with Gasteiger partial charge in [-0.3, -0.25) is 4.79 Å². The van der Waals surface area contributed by atoms with E-state index >= 15 is 0 Å². The summed E-state index contributed by atoms with van der Waals surface area (Å²) in [7, 11) is 6.09. The van der Waals surface area contributed by atoms with Crippen LogP contribution in [0.3, 0.4) is 0 Å². The van der Waals surface area contributed by atoms with Gasteiger partial charge in [0, 0.05) is 30.2 Å². The minimum Gasteiger partial charge on any atom is -0.493 e. The zero-order valence-corrected chi connectivity index (χ0v) is 17.5. The second-order valence-electron chi connectivity index (χ2n) is 6.02. The third-order valence-corrected chi connectivity index (χ3v) is 4.16. The van der Waals surface area contributed by atoms with Crippen molar-refractivity contribution < 1.29 is 28.6 Å². The van der Waals surface area contributed by atoms with Gasteiger partial charge in [-0.15, -0.1) is 0 Å². The molecule has 0 aliphatic rings. The van der Waals surface area contributed by atoms with E-state index < -0.39 is 5.91 Å². The first-order valence-corrected chi connectivity index (χ1v) is 9.08. The molecule has 0 bridgehead atoms. The van der Waals surface area contributed by atoms with Crippen LogP contribution in [0.5, 0.6) is 28.7 Å². The standard InChI is InChI=1S/C21H22N4O6/c1-27-15-7-5-6-8-16(15)31-25-20(26)13-11-22-21(23-12-13)24-14-9-17(28-2)19(30-4)18(10-14)29-3/h5-12H,1-4H3,(H,25,26)(H,22,23,24). The smallest absolute Gasteiger partial charge is 0.287 e. The van der Waals surface area contributed by atoms with Crippen LogP contribution in [-0.4, -0.2) is 44.3 Å². The third kappa shape index (κ3) is 5.04. The van der Waals surface area contributed by atoms with E-state index in [1.165, 1.54) is 40.8 Å². The molecule has 1 amide bonds. The monoisotopic (exact) mass is 426 g/mol. The fourth-order valence-corrected chi connectivity index (χ4v) is 2.66. The SMILES string of the molecule is COc1ccccc1ONC(=O)c1cnc(Nc2cc(OC)c(OC)c(OC)c2)nc1. The lowest BCUT2D eigenvalue weighted by molar-refractivity contribution is 0.0753. The lowest BCUT2D eigenvalue weighted by Gasteiger charge is -2.14. The van der Waals surface area contributed by atoms with E-state index in [0.717, 1.165) is 0 Å². The van der Waals surface area contributed by atoms with Crippen molar-refractivity contribution in [3.8, 4) is 28.7 Å². The third-order valence-electron chi connectivity index (χ3n) is 4.16. The summed E-state index contributed by atoms with van der Waals surface area (Å²) in [6.07, 6.45) is 2.74. The largest absolute Gasteiger partial charge is 0.493 e. The number of para-hydroxylation sites is 2. The summed E-state index contributed by atoms with van der Waals surface area (Å²) in [5.74, 6) is 2.06. The van der Waals surface area contributed by atoms with Gasteiger partial charge in [-0.2, -0.15) is 5.48 Å². The van der Waals surface area contributed by atoms with Crippen molar-refractivity contribution in [3.63, 3.8) is 0 Å². The van der Waals surface area contributed by atoms with Gasteiger partial charge < -0.3 is 29.1 Å². The number of benzene rings is 2. The summed E-state index contributed by atoms with van der Waals surface area (Å²) >= 11 is 0. The summed E-state index contributed by atoms with van der Waals surface area (Å²) in [5.41, 5.74) is 3.17. The van der Waals surface area contributed by atoms with Crippen LogP contribution in [0.2, 0.25) is 0 Å². The molecule has 1 aromatic heterocycles.